The second-order valence-electron chi connectivity index (χ2n) is 7.67. The van der Waals surface area contributed by atoms with Crippen LogP contribution in [0.4, 0.5) is 10.1 Å². The second kappa shape index (κ2) is 5.55. The summed E-state index contributed by atoms with van der Waals surface area (Å²) in [5, 5.41) is 0. The van der Waals surface area contributed by atoms with Gasteiger partial charge in [0.1, 0.15) is 5.82 Å². The van der Waals surface area contributed by atoms with E-state index in [1.807, 2.05) is 24.5 Å². The van der Waals surface area contributed by atoms with Crippen molar-refractivity contribution in [1.82, 2.24) is 9.88 Å². The van der Waals surface area contributed by atoms with Gasteiger partial charge >= 0.3 is 0 Å². The normalized spacial score (nSPS) is 31.3. The van der Waals surface area contributed by atoms with E-state index in [1.165, 1.54) is 50.3 Å². The first kappa shape index (κ1) is 14.4. The van der Waals surface area contributed by atoms with Gasteiger partial charge in [-0.15, -0.1) is 0 Å². The number of anilines is 1. The number of rotatable bonds is 2. The largest absolute Gasteiger partial charge is 0.366 e. The van der Waals surface area contributed by atoms with Gasteiger partial charge in [0.15, 0.2) is 0 Å². The summed E-state index contributed by atoms with van der Waals surface area (Å²) in [5.41, 5.74) is 3.31. The van der Waals surface area contributed by atoms with Crippen LogP contribution in [0.3, 0.4) is 0 Å². The molecule has 1 aromatic heterocycles. The molecule has 5 heterocycles. The van der Waals surface area contributed by atoms with Crippen molar-refractivity contribution in [2.75, 3.05) is 31.1 Å². The van der Waals surface area contributed by atoms with E-state index in [1.54, 1.807) is 0 Å². The van der Waals surface area contributed by atoms with Gasteiger partial charge in [-0.3, -0.25) is 4.98 Å². The monoisotopic (exact) mass is 323 g/mol. The molecule has 1 aromatic carbocycles. The van der Waals surface area contributed by atoms with Gasteiger partial charge in [-0.1, -0.05) is 12.1 Å². The van der Waals surface area contributed by atoms with Gasteiger partial charge in [0, 0.05) is 44.0 Å². The third-order valence-electron chi connectivity index (χ3n) is 5.90. The van der Waals surface area contributed by atoms with Crippen molar-refractivity contribution >= 4 is 5.69 Å². The zero-order chi connectivity index (χ0) is 16.1. The summed E-state index contributed by atoms with van der Waals surface area (Å²) in [5.74, 6) is 1.46. The Morgan fingerprint density at radius 1 is 0.875 bits per heavy atom. The molecule has 4 aliphatic rings. The third kappa shape index (κ3) is 2.49. The zero-order valence-corrected chi connectivity index (χ0v) is 13.7. The van der Waals surface area contributed by atoms with Crippen LogP contribution in [0.5, 0.6) is 0 Å². The minimum Gasteiger partial charge on any atom is -0.366 e. The van der Waals surface area contributed by atoms with Crippen LogP contribution in [-0.4, -0.2) is 42.1 Å². The predicted molar refractivity (Wildman–Crippen MR) is 93.4 cm³/mol. The molecule has 3 nitrogen and oxygen atoms in total. The van der Waals surface area contributed by atoms with E-state index in [0.717, 1.165) is 29.5 Å². The topological polar surface area (TPSA) is 19.4 Å². The van der Waals surface area contributed by atoms with E-state index in [4.69, 9.17) is 0 Å². The van der Waals surface area contributed by atoms with Crippen LogP contribution in [0.25, 0.3) is 11.1 Å². The minimum atomic E-state index is -0.197. The lowest BCUT2D eigenvalue weighted by Crippen LogP contribution is -2.49. The maximum absolute atomic E-state index is 13.2. The van der Waals surface area contributed by atoms with Gasteiger partial charge in [0.2, 0.25) is 0 Å². The van der Waals surface area contributed by atoms with E-state index in [9.17, 15) is 4.39 Å². The van der Waals surface area contributed by atoms with Crippen molar-refractivity contribution in [1.29, 1.82) is 0 Å². The lowest BCUT2D eigenvalue weighted by Gasteiger charge is -2.41. The van der Waals surface area contributed by atoms with Gasteiger partial charge in [-0.2, -0.15) is 0 Å². The van der Waals surface area contributed by atoms with Crippen molar-refractivity contribution in [3.05, 3.63) is 48.5 Å². The van der Waals surface area contributed by atoms with Crippen molar-refractivity contribution in [2.24, 2.45) is 11.8 Å². The smallest absolute Gasteiger partial charge is 0.123 e. The Kier molecular flexibility index (Phi) is 3.33. The van der Waals surface area contributed by atoms with Crippen LogP contribution >= 0.6 is 0 Å². The van der Waals surface area contributed by atoms with Gasteiger partial charge in [-0.05, 0) is 48.4 Å². The third-order valence-corrected chi connectivity index (χ3v) is 5.90. The highest BCUT2D eigenvalue weighted by Crippen LogP contribution is 2.38. The van der Waals surface area contributed by atoms with Crippen LogP contribution < -0.4 is 4.90 Å². The fraction of sp³-hybridized carbons (Fsp3) is 0.450. The molecule has 0 N–H and O–H groups in total. The first-order valence-electron chi connectivity index (χ1n) is 8.94. The van der Waals surface area contributed by atoms with Crippen LogP contribution in [0, 0.1) is 17.7 Å². The molecule has 4 atom stereocenters. The highest BCUT2D eigenvalue weighted by molar-refractivity contribution is 5.67. The summed E-state index contributed by atoms with van der Waals surface area (Å²) < 4.78 is 13.2. The summed E-state index contributed by atoms with van der Waals surface area (Å²) in [6.07, 6.45) is 6.57. The second-order valence-corrected chi connectivity index (χ2v) is 7.67. The Morgan fingerprint density at radius 3 is 2.54 bits per heavy atom. The van der Waals surface area contributed by atoms with Crippen LogP contribution in [0.2, 0.25) is 0 Å². The number of benzene rings is 1. The number of nitrogens with zero attached hydrogens (tertiary/aromatic N) is 3. The predicted octanol–water partition coefficient (Wildman–Crippen LogP) is 3.42. The molecule has 4 aliphatic heterocycles. The standard InChI is InChI=1S/C20H22FN3/c21-18-3-1-16(2-4-18)17-7-19(9-22-8-17)24-12-15-5-14-6-20(24)13-23(10-14)11-15/h1-4,7-9,14-15,20H,5-6,10-13H2. The van der Waals surface area contributed by atoms with Gasteiger partial charge < -0.3 is 9.80 Å². The van der Waals surface area contributed by atoms with Crippen molar-refractivity contribution in [2.45, 2.75) is 18.9 Å². The summed E-state index contributed by atoms with van der Waals surface area (Å²) in [6.45, 7) is 4.89. The van der Waals surface area contributed by atoms with Crippen molar-refractivity contribution < 1.29 is 4.39 Å². The van der Waals surface area contributed by atoms with E-state index in [0.29, 0.717) is 6.04 Å². The van der Waals surface area contributed by atoms with Gasteiger partial charge in [0.05, 0.1) is 11.9 Å². The molecule has 4 saturated heterocycles. The first-order valence-corrected chi connectivity index (χ1v) is 8.94. The lowest BCUT2D eigenvalue weighted by atomic mass is 9.84. The number of pyridine rings is 1. The quantitative estimate of drug-likeness (QED) is 0.844. The number of hydrogen-bond acceptors (Lipinski definition) is 3. The van der Waals surface area contributed by atoms with Crippen LogP contribution in [0.15, 0.2) is 42.7 Å². The van der Waals surface area contributed by atoms with Crippen LogP contribution in [0.1, 0.15) is 12.8 Å². The maximum Gasteiger partial charge on any atom is 0.123 e. The van der Waals surface area contributed by atoms with Gasteiger partial charge in [0.25, 0.3) is 0 Å². The molecular formula is C20H22FN3. The molecule has 124 valence electrons. The number of hydrogen-bond donors (Lipinski definition) is 0. The van der Waals surface area contributed by atoms with Gasteiger partial charge in [-0.25, -0.2) is 4.39 Å². The number of fused-ring (bicyclic) bond motifs is 1. The minimum absolute atomic E-state index is 0.197. The summed E-state index contributed by atoms with van der Waals surface area (Å²) in [4.78, 5) is 9.73. The fourth-order valence-electron chi connectivity index (χ4n) is 4.99. The highest BCUT2D eigenvalue weighted by Gasteiger charge is 2.41. The Bertz CT molecular complexity index is 731. The fourth-order valence-corrected chi connectivity index (χ4v) is 4.99. The summed E-state index contributed by atoms with van der Waals surface area (Å²) in [6, 6.07) is 9.53. The summed E-state index contributed by atoms with van der Waals surface area (Å²) >= 11 is 0. The number of aromatic nitrogens is 1. The van der Waals surface area contributed by atoms with E-state index >= 15 is 0 Å². The number of piperidine rings is 2. The van der Waals surface area contributed by atoms with Crippen molar-refractivity contribution in [3.63, 3.8) is 0 Å². The molecule has 0 radical (unpaired) electrons. The zero-order valence-electron chi connectivity index (χ0n) is 13.7. The Hall–Kier alpha value is -1.94. The SMILES string of the molecule is Fc1ccc(-c2cncc(N3CC4CC5CC3CN(C5)C4)c2)cc1. The average Bonchev–Trinajstić information content (AvgIpc) is 2.79. The molecule has 6 rings (SSSR count). The van der Waals surface area contributed by atoms with E-state index < -0.39 is 0 Å². The molecule has 0 spiro atoms. The Labute approximate surface area is 142 Å². The molecule has 4 bridgehead atoms. The molecule has 0 saturated carbocycles. The molecule has 0 amide bonds. The summed E-state index contributed by atoms with van der Waals surface area (Å²) in [7, 11) is 0. The van der Waals surface area contributed by atoms with Crippen LogP contribution in [-0.2, 0) is 0 Å². The van der Waals surface area contributed by atoms with E-state index in [2.05, 4.69) is 20.9 Å². The maximum atomic E-state index is 13.2. The van der Waals surface area contributed by atoms with Crippen molar-refractivity contribution in [3.8, 4) is 11.1 Å². The Balaban J connectivity index is 1.48. The molecule has 4 heteroatoms. The number of halogens is 1. The molecular weight excluding hydrogens is 301 g/mol. The molecule has 2 aromatic rings. The first-order chi connectivity index (χ1) is 11.7. The highest BCUT2D eigenvalue weighted by atomic mass is 19.1. The average molecular weight is 323 g/mol. The molecule has 0 aliphatic carbocycles. The Morgan fingerprint density at radius 2 is 1.71 bits per heavy atom. The lowest BCUT2D eigenvalue weighted by molar-refractivity contribution is 0.0980. The van der Waals surface area contributed by atoms with E-state index in [-0.39, 0.29) is 5.82 Å². The molecule has 4 fully saturated rings. The molecule has 4 unspecified atom stereocenters. The molecule has 24 heavy (non-hydrogen) atoms.